The molecule has 8 heteroatoms. The van der Waals surface area contributed by atoms with Crippen LogP contribution in [0.5, 0.6) is 5.75 Å². The second-order valence-corrected chi connectivity index (χ2v) is 6.03. The number of carboxylic acids is 1. The number of carbonyl (C=O) groups excluding carboxylic acids is 1. The van der Waals surface area contributed by atoms with Gasteiger partial charge in [-0.2, -0.15) is 13.2 Å². The van der Waals surface area contributed by atoms with Crippen molar-refractivity contribution in [3.63, 3.8) is 0 Å². The number of ether oxygens (including phenoxy) is 1. The second kappa shape index (κ2) is 7.33. The van der Waals surface area contributed by atoms with Gasteiger partial charge < -0.3 is 14.7 Å². The van der Waals surface area contributed by atoms with Crippen LogP contribution in [-0.4, -0.2) is 47.8 Å². The summed E-state index contributed by atoms with van der Waals surface area (Å²) in [7, 11) is 0. The van der Waals surface area contributed by atoms with E-state index >= 15 is 0 Å². The molecule has 5 nitrogen and oxygen atoms in total. The van der Waals surface area contributed by atoms with Crippen LogP contribution in [-0.2, 0) is 16.0 Å². The molecule has 0 aliphatic carbocycles. The lowest BCUT2D eigenvalue weighted by Crippen LogP contribution is -2.47. The summed E-state index contributed by atoms with van der Waals surface area (Å²) in [5.41, 5.74) is -2.00. The first kappa shape index (κ1) is 19.1. The zero-order valence-electron chi connectivity index (χ0n) is 13.8. The molecule has 1 fully saturated rings. The first-order valence-electron chi connectivity index (χ1n) is 7.99. The van der Waals surface area contributed by atoms with E-state index in [-0.39, 0.29) is 13.0 Å². The Kier molecular flexibility index (Phi) is 5.59. The van der Waals surface area contributed by atoms with Crippen molar-refractivity contribution < 1.29 is 32.6 Å². The monoisotopic (exact) mass is 359 g/mol. The smallest absolute Gasteiger partial charge is 0.406 e. The van der Waals surface area contributed by atoms with E-state index < -0.39 is 36.4 Å². The molecule has 0 bridgehead atoms. The van der Waals surface area contributed by atoms with Crippen molar-refractivity contribution in [1.82, 2.24) is 4.90 Å². The van der Waals surface area contributed by atoms with Crippen LogP contribution in [0.4, 0.5) is 13.2 Å². The third-order valence-corrected chi connectivity index (χ3v) is 4.44. The predicted molar refractivity (Wildman–Crippen MR) is 83.3 cm³/mol. The Morgan fingerprint density at radius 1 is 1.28 bits per heavy atom. The molecule has 0 saturated carbocycles. The Labute approximate surface area is 143 Å². The van der Waals surface area contributed by atoms with E-state index in [1.807, 2.05) is 6.92 Å². The van der Waals surface area contributed by atoms with E-state index in [0.29, 0.717) is 18.8 Å². The maximum Gasteiger partial charge on any atom is 0.406 e. The van der Waals surface area contributed by atoms with Crippen LogP contribution < -0.4 is 4.74 Å². The van der Waals surface area contributed by atoms with E-state index in [2.05, 4.69) is 0 Å². The number of likely N-dealkylation sites (tertiary alicyclic amines) is 1. The standard InChI is InChI=1S/C17H20F3NO4/c1-2-25-13-6-3-12(4-7-13)5-8-14(22)21-10-9-16(11-21,15(23)24)17(18,19)20/h3-4,6-7H,2,5,8-11H2,1H3,(H,23,24). The molecule has 1 heterocycles. The SMILES string of the molecule is CCOc1ccc(CCC(=O)N2CCC(C(=O)O)(C(F)(F)F)C2)cc1. The van der Waals surface area contributed by atoms with E-state index in [4.69, 9.17) is 9.84 Å². The van der Waals surface area contributed by atoms with Crippen molar-refractivity contribution in [3.05, 3.63) is 29.8 Å². The Balaban J connectivity index is 1.95. The highest BCUT2D eigenvalue weighted by atomic mass is 19.4. The van der Waals surface area contributed by atoms with Crippen LogP contribution in [0.1, 0.15) is 25.3 Å². The Hall–Kier alpha value is -2.25. The molecule has 0 aromatic heterocycles. The molecule has 2 rings (SSSR count). The Morgan fingerprint density at radius 3 is 2.40 bits per heavy atom. The number of halogens is 3. The minimum atomic E-state index is -4.89. The molecule has 1 N–H and O–H groups in total. The first-order chi connectivity index (χ1) is 11.7. The number of amides is 1. The Morgan fingerprint density at radius 2 is 1.92 bits per heavy atom. The van der Waals surface area contributed by atoms with Crippen molar-refractivity contribution in [2.24, 2.45) is 5.41 Å². The van der Waals surface area contributed by atoms with Crippen molar-refractivity contribution in [1.29, 1.82) is 0 Å². The molecule has 1 saturated heterocycles. The zero-order valence-corrected chi connectivity index (χ0v) is 13.8. The number of aryl methyl sites for hydroxylation is 1. The fraction of sp³-hybridized carbons (Fsp3) is 0.529. The molecule has 0 radical (unpaired) electrons. The number of alkyl halides is 3. The van der Waals surface area contributed by atoms with Gasteiger partial charge in [-0.15, -0.1) is 0 Å². The van der Waals surface area contributed by atoms with Crippen molar-refractivity contribution >= 4 is 11.9 Å². The molecule has 1 aromatic rings. The van der Waals surface area contributed by atoms with Gasteiger partial charge in [-0.25, -0.2) is 0 Å². The van der Waals surface area contributed by atoms with Crippen LogP contribution in [0.15, 0.2) is 24.3 Å². The van der Waals surface area contributed by atoms with E-state index in [9.17, 15) is 22.8 Å². The van der Waals surface area contributed by atoms with Gasteiger partial charge in [-0.05, 0) is 37.5 Å². The number of benzene rings is 1. The van der Waals surface area contributed by atoms with Gasteiger partial charge in [0, 0.05) is 19.5 Å². The average molecular weight is 359 g/mol. The predicted octanol–water partition coefficient (Wildman–Crippen LogP) is 2.88. The van der Waals surface area contributed by atoms with Gasteiger partial charge in [-0.1, -0.05) is 12.1 Å². The van der Waals surface area contributed by atoms with Gasteiger partial charge in [0.15, 0.2) is 5.41 Å². The molecule has 1 aromatic carbocycles. The fourth-order valence-electron chi connectivity index (χ4n) is 2.88. The molecular formula is C17H20F3NO4. The van der Waals surface area contributed by atoms with E-state index in [1.165, 1.54) is 0 Å². The number of rotatable bonds is 6. The van der Waals surface area contributed by atoms with Gasteiger partial charge >= 0.3 is 12.1 Å². The maximum absolute atomic E-state index is 13.1. The van der Waals surface area contributed by atoms with Crippen LogP contribution in [0.2, 0.25) is 0 Å². The molecule has 1 aliphatic heterocycles. The highest BCUT2D eigenvalue weighted by molar-refractivity contribution is 5.81. The fourth-order valence-corrected chi connectivity index (χ4v) is 2.88. The van der Waals surface area contributed by atoms with Gasteiger partial charge in [0.25, 0.3) is 0 Å². The van der Waals surface area contributed by atoms with Gasteiger partial charge in [-0.3, -0.25) is 9.59 Å². The van der Waals surface area contributed by atoms with Gasteiger partial charge in [0.1, 0.15) is 5.75 Å². The topological polar surface area (TPSA) is 66.8 Å². The van der Waals surface area contributed by atoms with Crippen LogP contribution in [0.3, 0.4) is 0 Å². The van der Waals surface area contributed by atoms with E-state index in [0.717, 1.165) is 10.5 Å². The third kappa shape index (κ3) is 4.05. The molecule has 1 atom stereocenters. The summed E-state index contributed by atoms with van der Waals surface area (Å²) in [5.74, 6) is -1.70. The lowest BCUT2D eigenvalue weighted by atomic mass is 9.86. The van der Waals surface area contributed by atoms with Crippen molar-refractivity contribution in [3.8, 4) is 5.75 Å². The van der Waals surface area contributed by atoms with E-state index in [1.54, 1.807) is 24.3 Å². The average Bonchev–Trinajstić information content (AvgIpc) is 3.01. The summed E-state index contributed by atoms with van der Waals surface area (Å²) in [6.07, 6.45) is -5.10. The molecule has 25 heavy (non-hydrogen) atoms. The number of aliphatic carboxylic acids is 1. The largest absolute Gasteiger partial charge is 0.494 e. The Bertz CT molecular complexity index is 630. The number of nitrogens with zero attached hydrogens (tertiary/aromatic N) is 1. The first-order valence-corrected chi connectivity index (χ1v) is 7.99. The number of carbonyl (C=O) groups is 2. The molecule has 0 spiro atoms. The summed E-state index contributed by atoms with van der Waals surface area (Å²) >= 11 is 0. The summed E-state index contributed by atoms with van der Waals surface area (Å²) in [5, 5.41) is 9.01. The minimum Gasteiger partial charge on any atom is -0.494 e. The van der Waals surface area contributed by atoms with Crippen molar-refractivity contribution in [2.45, 2.75) is 32.4 Å². The summed E-state index contributed by atoms with van der Waals surface area (Å²) in [6.45, 7) is 1.37. The summed E-state index contributed by atoms with van der Waals surface area (Å²) < 4.78 is 44.7. The summed E-state index contributed by atoms with van der Waals surface area (Å²) in [6, 6.07) is 7.11. The van der Waals surface area contributed by atoms with Crippen LogP contribution in [0, 0.1) is 5.41 Å². The number of hydrogen-bond donors (Lipinski definition) is 1. The van der Waals surface area contributed by atoms with Crippen molar-refractivity contribution in [2.75, 3.05) is 19.7 Å². The lowest BCUT2D eigenvalue weighted by molar-refractivity contribution is -0.227. The highest BCUT2D eigenvalue weighted by Gasteiger charge is 2.64. The molecule has 1 aliphatic rings. The maximum atomic E-state index is 13.1. The lowest BCUT2D eigenvalue weighted by Gasteiger charge is -2.27. The molecule has 1 unspecified atom stereocenters. The number of hydrogen-bond acceptors (Lipinski definition) is 3. The van der Waals surface area contributed by atoms with Crippen LogP contribution in [0.25, 0.3) is 0 Å². The second-order valence-electron chi connectivity index (χ2n) is 6.03. The third-order valence-electron chi connectivity index (χ3n) is 4.44. The summed E-state index contributed by atoms with van der Waals surface area (Å²) in [4.78, 5) is 24.3. The number of carboxylic acid groups (broad SMARTS) is 1. The zero-order chi connectivity index (χ0) is 18.7. The molecule has 1 amide bonds. The quantitative estimate of drug-likeness (QED) is 0.848. The minimum absolute atomic E-state index is 0.0293. The molecular weight excluding hydrogens is 339 g/mol. The highest BCUT2D eigenvalue weighted by Crippen LogP contribution is 2.45. The molecule has 138 valence electrons. The van der Waals surface area contributed by atoms with Gasteiger partial charge in [0.05, 0.1) is 6.61 Å². The van der Waals surface area contributed by atoms with Gasteiger partial charge in [0.2, 0.25) is 5.91 Å². The normalized spacial score (nSPS) is 20.6. The van der Waals surface area contributed by atoms with Crippen LogP contribution >= 0.6 is 0 Å².